The van der Waals surface area contributed by atoms with Gasteiger partial charge in [-0.15, -0.1) is 0 Å². The number of anilines is 1. The van der Waals surface area contributed by atoms with Crippen molar-refractivity contribution in [2.75, 3.05) is 5.32 Å². The quantitative estimate of drug-likeness (QED) is 0.302. The number of rotatable bonds is 7. The van der Waals surface area contributed by atoms with Crippen LogP contribution in [0.4, 0.5) is 15.8 Å². The lowest BCUT2D eigenvalue weighted by Gasteiger charge is -2.07. The number of hydrogen-bond donors (Lipinski definition) is 1. The Morgan fingerprint density at radius 1 is 1.18 bits per heavy atom. The Morgan fingerprint density at radius 2 is 1.91 bits per heavy atom. The van der Waals surface area contributed by atoms with Crippen molar-refractivity contribution in [1.29, 1.82) is 0 Å². The van der Waals surface area contributed by atoms with Crippen LogP contribution >= 0.6 is 11.6 Å². The van der Waals surface area contributed by atoms with E-state index in [1.807, 2.05) is 0 Å². The van der Waals surface area contributed by atoms with Crippen molar-refractivity contribution in [3.8, 4) is 0 Å². The van der Waals surface area contributed by atoms with Crippen LogP contribution in [0.3, 0.4) is 0 Å². The molecule has 0 unspecified atom stereocenters. The summed E-state index contributed by atoms with van der Waals surface area (Å²) in [6.07, 6.45) is 3.17. The Hall–Kier alpha value is -4.05. The zero-order valence-electron chi connectivity index (χ0n) is 18.3. The van der Waals surface area contributed by atoms with E-state index in [2.05, 4.69) is 15.5 Å². The largest absolute Gasteiger partial charge is 0.319 e. The molecular formula is C23H20ClFN6O3. The molecule has 0 saturated carbocycles. The van der Waals surface area contributed by atoms with Crippen LogP contribution in [0.25, 0.3) is 0 Å². The van der Waals surface area contributed by atoms with Gasteiger partial charge in [0.15, 0.2) is 0 Å². The monoisotopic (exact) mass is 482 g/mol. The van der Waals surface area contributed by atoms with Crippen LogP contribution in [-0.2, 0) is 13.1 Å². The zero-order chi connectivity index (χ0) is 24.4. The molecular weight excluding hydrogens is 463 g/mol. The minimum atomic E-state index is -0.433. The van der Waals surface area contributed by atoms with E-state index in [0.29, 0.717) is 46.3 Å². The molecule has 11 heteroatoms. The number of hydrogen-bond acceptors (Lipinski definition) is 5. The van der Waals surface area contributed by atoms with Gasteiger partial charge in [-0.25, -0.2) is 4.39 Å². The number of aromatic nitrogens is 4. The fourth-order valence-electron chi connectivity index (χ4n) is 3.58. The van der Waals surface area contributed by atoms with Gasteiger partial charge in [0.2, 0.25) is 0 Å². The molecule has 4 rings (SSSR count). The van der Waals surface area contributed by atoms with E-state index in [-0.39, 0.29) is 11.6 Å². The number of amides is 1. The molecule has 0 saturated heterocycles. The maximum atomic E-state index is 13.2. The maximum absolute atomic E-state index is 13.2. The lowest BCUT2D eigenvalue weighted by Crippen LogP contribution is -2.12. The second kappa shape index (κ2) is 9.44. The van der Waals surface area contributed by atoms with Gasteiger partial charge in [0.05, 0.1) is 29.9 Å². The number of nitrogens with one attached hydrogen (secondary N) is 1. The summed E-state index contributed by atoms with van der Waals surface area (Å²) >= 11 is 6.06. The lowest BCUT2D eigenvalue weighted by molar-refractivity contribution is -0.386. The molecule has 2 aromatic heterocycles. The predicted molar refractivity (Wildman–Crippen MR) is 125 cm³/mol. The molecule has 1 N–H and O–H groups in total. The predicted octanol–water partition coefficient (Wildman–Crippen LogP) is 4.75. The third kappa shape index (κ3) is 4.96. The molecule has 0 aliphatic carbocycles. The molecule has 9 nitrogen and oxygen atoms in total. The van der Waals surface area contributed by atoms with Crippen molar-refractivity contribution in [2.24, 2.45) is 0 Å². The molecule has 0 spiro atoms. The Morgan fingerprint density at radius 3 is 2.56 bits per heavy atom. The summed E-state index contributed by atoms with van der Waals surface area (Å²) in [4.78, 5) is 23.4. The van der Waals surface area contributed by atoms with Gasteiger partial charge in [0.25, 0.3) is 5.91 Å². The second-order valence-corrected chi connectivity index (χ2v) is 8.15. The standard InChI is InChI=1S/C23H20ClFN6O3/c1-14-22(31(33)34)15(2)30(28-14)11-16-3-5-17(6-4-16)23(32)27-20-10-26-29(13-20)12-18-7-8-19(25)9-21(18)24/h3-10,13H,11-12H2,1-2H3,(H,27,32). The number of carbonyl (C=O) groups excluding carboxylic acids is 1. The van der Waals surface area contributed by atoms with Crippen LogP contribution in [0.2, 0.25) is 5.02 Å². The first-order chi connectivity index (χ1) is 16.2. The van der Waals surface area contributed by atoms with Crippen LogP contribution in [0.1, 0.15) is 32.9 Å². The molecule has 0 bridgehead atoms. The molecule has 0 atom stereocenters. The van der Waals surface area contributed by atoms with Crippen molar-refractivity contribution in [3.63, 3.8) is 0 Å². The molecule has 2 aromatic carbocycles. The molecule has 34 heavy (non-hydrogen) atoms. The van der Waals surface area contributed by atoms with E-state index in [1.54, 1.807) is 59.7 Å². The summed E-state index contributed by atoms with van der Waals surface area (Å²) in [5, 5.41) is 22.7. The average Bonchev–Trinajstić information content (AvgIpc) is 3.33. The fourth-order valence-corrected chi connectivity index (χ4v) is 3.81. The van der Waals surface area contributed by atoms with Crippen LogP contribution in [-0.4, -0.2) is 30.4 Å². The smallest absolute Gasteiger partial charge is 0.312 e. The summed E-state index contributed by atoms with van der Waals surface area (Å²) in [6, 6.07) is 11.1. The number of halogens is 2. The van der Waals surface area contributed by atoms with E-state index < -0.39 is 10.7 Å². The number of benzene rings is 2. The maximum Gasteiger partial charge on any atom is 0.312 e. The van der Waals surface area contributed by atoms with Crippen molar-refractivity contribution in [1.82, 2.24) is 19.6 Å². The second-order valence-electron chi connectivity index (χ2n) is 7.75. The van der Waals surface area contributed by atoms with Crippen molar-refractivity contribution >= 4 is 28.9 Å². The minimum Gasteiger partial charge on any atom is -0.319 e. The molecule has 174 valence electrons. The minimum absolute atomic E-state index is 0.0123. The Balaban J connectivity index is 1.40. The van der Waals surface area contributed by atoms with Crippen molar-refractivity contribution in [2.45, 2.75) is 26.9 Å². The Bertz CT molecular complexity index is 1380. The fraction of sp³-hybridized carbons (Fsp3) is 0.174. The van der Waals surface area contributed by atoms with Crippen molar-refractivity contribution < 1.29 is 14.1 Å². The molecule has 0 radical (unpaired) electrons. The van der Waals surface area contributed by atoms with E-state index in [0.717, 1.165) is 5.56 Å². The normalized spacial score (nSPS) is 10.9. The van der Waals surface area contributed by atoms with Crippen LogP contribution in [0, 0.1) is 29.8 Å². The van der Waals surface area contributed by atoms with E-state index in [4.69, 9.17) is 11.6 Å². The van der Waals surface area contributed by atoms with Crippen LogP contribution in [0.15, 0.2) is 54.9 Å². The van der Waals surface area contributed by atoms with Gasteiger partial charge in [0, 0.05) is 16.8 Å². The van der Waals surface area contributed by atoms with Crippen molar-refractivity contribution in [3.05, 3.63) is 104 Å². The van der Waals surface area contributed by atoms with Gasteiger partial charge in [0.1, 0.15) is 17.2 Å². The summed E-state index contributed by atoms with van der Waals surface area (Å²) in [5.41, 5.74) is 3.34. The van der Waals surface area contributed by atoms with Gasteiger partial charge in [-0.3, -0.25) is 24.3 Å². The molecule has 0 fully saturated rings. The third-order valence-corrected chi connectivity index (χ3v) is 5.66. The summed E-state index contributed by atoms with van der Waals surface area (Å²) in [7, 11) is 0. The first kappa shape index (κ1) is 23.1. The highest BCUT2D eigenvalue weighted by atomic mass is 35.5. The summed E-state index contributed by atoms with van der Waals surface area (Å²) < 4.78 is 16.4. The van der Waals surface area contributed by atoms with Crippen LogP contribution < -0.4 is 5.32 Å². The SMILES string of the molecule is Cc1nn(Cc2ccc(C(=O)Nc3cnn(Cc4ccc(F)cc4Cl)c3)cc2)c(C)c1[N+](=O)[O-]. The Labute approximate surface area is 198 Å². The topological polar surface area (TPSA) is 108 Å². The van der Waals surface area contributed by atoms with Gasteiger partial charge in [-0.2, -0.15) is 10.2 Å². The average molecular weight is 483 g/mol. The zero-order valence-corrected chi connectivity index (χ0v) is 19.1. The van der Waals surface area contributed by atoms with Gasteiger partial charge in [-0.05, 0) is 49.2 Å². The lowest BCUT2D eigenvalue weighted by atomic mass is 10.1. The first-order valence-electron chi connectivity index (χ1n) is 10.3. The highest BCUT2D eigenvalue weighted by Gasteiger charge is 2.21. The number of carbonyl (C=O) groups is 1. The van der Waals surface area contributed by atoms with Gasteiger partial charge >= 0.3 is 5.69 Å². The number of aryl methyl sites for hydroxylation is 1. The van der Waals surface area contributed by atoms with Gasteiger partial charge in [-0.1, -0.05) is 29.8 Å². The van der Waals surface area contributed by atoms with E-state index >= 15 is 0 Å². The summed E-state index contributed by atoms with van der Waals surface area (Å²) in [6.45, 7) is 3.94. The highest BCUT2D eigenvalue weighted by molar-refractivity contribution is 6.31. The molecule has 0 aliphatic rings. The Kier molecular flexibility index (Phi) is 6.42. The first-order valence-corrected chi connectivity index (χ1v) is 10.6. The van der Waals surface area contributed by atoms with Gasteiger partial charge < -0.3 is 5.32 Å². The molecule has 0 aliphatic heterocycles. The third-order valence-electron chi connectivity index (χ3n) is 5.31. The molecule has 2 heterocycles. The number of nitrogens with zero attached hydrogens (tertiary/aromatic N) is 5. The number of nitro groups is 1. The van der Waals surface area contributed by atoms with E-state index in [9.17, 15) is 19.3 Å². The highest BCUT2D eigenvalue weighted by Crippen LogP contribution is 2.23. The molecule has 1 amide bonds. The van der Waals surface area contributed by atoms with Crippen LogP contribution in [0.5, 0.6) is 0 Å². The summed E-state index contributed by atoms with van der Waals surface area (Å²) in [5.74, 6) is -0.725. The van der Waals surface area contributed by atoms with E-state index in [1.165, 1.54) is 18.3 Å². The molecule has 4 aromatic rings.